The maximum absolute atomic E-state index is 11.0. The quantitative estimate of drug-likeness (QED) is 0.685. The van der Waals surface area contributed by atoms with Crippen molar-refractivity contribution in [1.82, 2.24) is 10.3 Å². The van der Waals surface area contributed by atoms with E-state index in [0.29, 0.717) is 16.7 Å². The van der Waals surface area contributed by atoms with Gasteiger partial charge in [-0.1, -0.05) is 0 Å². The van der Waals surface area contributed by atoms with Crippen molar-refractivity contribution in [1.29, 1.82) is 0 Å². The van der Waals surface area contributed by atoms with Gasteiger partial charge in [0.05, 0.1) is 4.92 Å². The first-order chi connectivity index (χ1) is 9.75. The van der Waals surface area contributed by atoms with Gasteiger partial charge in [-0.3, -0.25) is 10.1 Å². The van der Waals surface area contributed by atoms with E-state index in [2.05, 4.69) is 10.3 Å². The van der Waals surface area contributed by atoms with E-state index in [1.165, 1.54) is 6.07 Å². The van der Waals surface area contributed by atoms with Crippen LogP contribution in [-0.2, 0) is 0 Å². The fourth-order valence-corrected chi connectivity index (χ4v) is 2.48. The first-order valence-electron chi connectivity index (χ1n) is 6.65. The monoisotopic (exact) mass is 273 g/mol. The summed E-state index contributed by atoms with van der Waals surface area (Å²) in [7, 11) is 0. The molecule has 0 aliphatic carbocycles. The summed E-state index contributed by atoms with van der Waals surface area (Å²) in [6, 6.07) is 6.69. The summed E-state index contributed by atoms with van der Waals surface area (Å²) in [5.74, 6) is 0.660. The van der Waals surface area contributed by atoms with E-state index in [9.17, 15) is 10.1 Å². The Balaban J connectivity index is 1.99. The number of hydrogen-bond acceptors (Lipinski definition) is 5. The van der Waals surface area contributed by atoms with Crippen LogP contribution in [0.2, 0.25) is 0 Å². The maximum Gasteiger partial charge on any atom is 0.295 e. The molecule has 0 amide bonds. The molecule has 104 valence electrons. The molecule has 1 aliphatic heterocycles. The molecule has 1 fully saturated rings. The molecule has 0 radical (unpaired) electrons. The van der Waals surface area contributed by atoms with Gasteiger partial charge < -0.3 is 10.1 Å². The van der Waals surface area contributed by atoms with Crippen LogP contribution in [0.1, 0.15) is 12.8 Å². The van der Waals surface area contributed by atoms with E-state index in [0.717, 1.165) is 25.9 Å². The van der Waals surface area contributed by atoms with Crippen LogP contribution in [0.15, 0.2) is 30.5 Å². The molecule has 1 N–H and O–H groups in total. The summed E-state index contributed by atoms with van der Waals surface area (Å²) in [6.45, 7) is 1.82. The van der Waals surface area contributed by atoms with Crippen molar-refractivity contribution in [3.8, 4) is 5.75 Å². The van der Waals surface area contributed by atoms with Gasteiger partial charge in [-0.05, 0) is 37.6 Å². The van der Waals surface area contributed by atoms with Gasteiger partial charge in [-0.2, -0.15) is 0 Å². The van der Waals surface area contributed by atoms with Crippen LogP contribution in [0.25, 0.3) is 10.9 Å². The van der Waals surface area contributed by atoms with E-state index < -0.39 is 4.92 Å². The van der Waals surface area contributed by atoms with Crippen molar-refractivity contribution in [3.05, 3.63) is 40.6 Å². The number of pyridine rings is 1. The largest absolute Gasteiger partial charge is 0.488 e. The average molecular weight is 273 g/mol. The standard InChI is InChI=1S/C14H15N3O3/c18-17(19)12-5-6-13(11-4-2-8-16-14(11)12)20-10-3-1-7-15-9-10/h2,4-6,8,10,15H,1,3,7,9H2/t10-/m0/s1. The lowest BCUT2D eigenvalue weighted by molar-refractivity contribution is -0.383. The van der Waals surface area contributed by atoms with Crippen molar-refractivity contribution >= 4 is 16.6 Å². The highest BCUT2D eigenvalue weighted by atomic mass is 16.6. The molecule has 2 aromatic rings. The molecule has 1 aliphatic rings. The second kappa shape index (κ2) is 5.42. The molecule has 3 rings (SSSR count). The number of fused-ring (bicyclic) bond motifs is 1. The van der Waals surface area contributed by atoms with E-state index >= 15 is 0 Å². The normalized spacial score (nSPS) is 18.9. The minimum absolute atomic E-state index is 0.00900. The molecule has 0 spiro atoms. The third-order valence-corrected chi connectivity index (χ3v) is 3.45. The third-order valence-electron chi connectivity index (χ3n) is 3.45. The number of ether oxygens (including phenoxy) is 1. The highest BCUT2D eigenvalue weighted by Crippen LogP contribution is 2.32. The lowest BCUT2D eigenvalue weighted by Crippen LogP contribution is -2.37. The van der Waals surface area contributed by atoms with E-state index in [4.69, 9.17) is 4.74 Å². The Morgan fingerprint density at radius 3 is 3.05 bits per heavy atom. The Morgan fingerprint density at radius 2 is 2.30 bits per heavy atom. The molecular weight excluding hydrogens is 258 g/mol. The zero-order valence-electron chi connectivity index (χ0n) is 10.9. The molecule has 1 aromatic carbocycles. The highest BCUT2D eigenvalue weighted by molar-refractivity contribution is 5.92. The maximum atomic E-state index is 11.0. The Hall–Kier alpha value is -2.21. The second-order valence-corrected chi connectivity index (χ2v) is 4.83. The summed E-state index contributed by atoms with van der Waals surface area (Å²) < 4.78 is 5.98. The van der Waals surface area contributed by atoms with Crippen molar-refractivity contribution < 1.29 is 9.66 Å². The molecule has 20 heavy (non-hydrogen) atoms. The van der Waals surface area contributed by atoms with Gasteiger partial charge >= 0.3 is 0 Å². The van der Waals surface area contributed by atoms with Crippen LogP contribution in [0.3, 0.4) is 0 Å². The summed E-state index contributed by atoms with van der Waals surface area (Å²) in [5, 5.41) is 15.0. The zero-order valence-corrected chi connectivity index (χ0v) is 10.9. The Bertz CT molecular complexity index is 639. The van der Waals surface area contributed by atoms with E-state index in [1.807, 2.05) is 0 Å². The first kappa shape index (κ1) is 12.8. The number of nitro groups is 1. The second-order valence-electron chi connectivity index (χ2n) is 4.83. The van der Waals surface area contributed by atoms with Crippen LogP contribution in [0, 0.1) is 10.1 Å². The van der Waals surface area contributed by atoms with E-state index in [1.54, 1.807) is 24.4 Å². The Labute approximate surface area is 115 Å². The lowest BCUT2D eigenvalue weighted by Gasteiger charge is -2.24. The number of hydrogen-bond donors (Lipinski definition) is 1. The van der Waals surface area contributed by atoms with Crippen LogP contribution in [0.5, 0.6) is 5.75 Å². The minimum Gasteiger partial charge on any atom is -0.488 e. The van der Waals surface area contributed by atoms with Gasteiger partial charge in [0.2, 0.25) is 0 Å². The number of non-ortho nitro benzene ring substituents is 1. The number of nitro benzene ring substituents is 1. The Morgan fingerprint density at radius 1 is 1.40 bits per heavy atom. The summed E-state index contributed by atoms with van der Waals surface area (Å²) in [4.78, 5) is 14.7. The molecule has 1 atom stereocenters. The predicted molar refractivity (Wildman–Crippen MR) is 74.9 cm³/mol. The van der Waals surface area contributed by atoms with Crippen molar-refractivity contribution in [2.45, 2.75) is 18.9 Å². The van der Waals surface area contributed by atoms with Gasteiger partial charge in [0.1, 0.15) is 11.9 Å². The van der Waals surface area contributed by atoms with Crippen LogP contribution in [-0.4, -0.2) is 29.1 Å². The lowest BCUT2D eigenvalue weighted by atomic mass is 10.1. The van der Waals surface area contributed by atoms with Gasteiger partial charge in [-0.25, -0.2) is 4.98 Å². The average Bonchev–Trinajstić information content (AvgIpc) is 2.48. The van der Waals surface area contributed by atoms with E-state index in [-0.39, 0.29) is 11.8 Å². The summed E-state index contributed by atoms with van der Waals surface area (Å²) in [5.41, 5.74) is 0.383. The molecule has 0 unspecified atom stereocenters. The van der Waals surface area contributed by atoms with Crippen LogP contribution in [0.4, 0.5) is 5.69 Å². The molecule has 0 saturated carbocycles. The molecule has 1 saturated heterocycles. The van der Waals surface area contributed by atoms with Gasteiger partial charge in [0.15, 0.2) is 5.52 Å². The van der Waals surface area contributed by atoms with Crippen LogP contribution < -0.4 is 10.1 Å². The van der Waals surface area contributed by atoms with Gasteiger partial charge in [-0.15, -0.1) is 0 Å². The molecule has 1 aromatic heterocycles. The number of nitrogens with zero attached hydrogens (tertiary/aromatic N) is 2. The SMILES string of the molecule is O=[N+]([O-])c1ccc(O[C@H]2CCCNC2)c2cccnc12. The highest BCUT2D eigenvalue weighted by Gasteiger charge is 2.19. The number of nitrogens with one attached hydrogen (secondary N) is 1. The fourth-order valence-electron chi connectivity index (χ4n) is 2.48. The smallest absolute Gasteiger partial charge is 0.295 e. The number of benzene rings is 1. The molecule has 0 bridgehead atoms. The van der Waals surface area contributed by atoms with Crippen LogP contribution >= 0.6 is 0 Å². The van der Waals surface area contributed by atoms with Crippen molar-refractivity contribution in [2.75, 3.05) is 13.1 Å². The molecule has 6 heteroatoms. The van der Waals surface area contributed by atoms with Gasteiger partial charge in [0.25, 0.3) is 5.69 Å². The topological polar surface area (TPSA) is 77.3 Å². The first-order valence-corrected chi connectivity index (χ1v) is 6.65. The molecule has 2 heterocycles. The summed E-state index contributed by atoms with van der Waals surface area (Å²) >= 11 is 0. The minimum atomic E-state index is -0.415. The van der Waals surface area contributed by atoms with Crippen molar-refractivity contribution in [3.63, 3.8) is 0 Å². The fraction of sp³-hybridized carbons (Fsp3) is 0.357. The number of piperidine rings is 1. The molecular formula is C14H15N3O3. The Kier molecular flexibility index (Phi) is 3.47. The van der Waals surface area contributed by atoms with Gasteiger partial charge in [0, 0.05) is 24.2 Å². The predicted octanol–water partition coefficient (Wildman–Crippen LogP) is 2.27. The molecule has 6 nitrogen and oxygen atoms in total. The van der Waals surface area contributed by atoms with Crippen molar-refractivity contribution in [2.24, 2.45) is 0 Å². The third kappa shape index (κ3) is 2.42. The summed E-state index contributed by atoms with van der Waals surface area (Å²) in [6.07, 6.45) is 3.73. The zero-order chi connectivity index (χ0) is 13.9. The number of aromatic nitrogens is 1. The number of rotatable bonds is 3.